The molecule has 0 bridgehead atoms. The first kappa shape index (κ1) is 11.8. The minimum absolute atomic E-state index is 0.0846. The van der Waals surface area contributed by atoms with Crippen molar-refractivity contribution in [3.05, 3.63) is 26.6 Å². The Morgan fingerprint density at radius 2 is 2.21 bits per heavy atom. The summed E-state index contributed by atoms with van der Waals surface area (Å²) in [5.74, 6) is 0. The van der Waals surface area contributed by atoms with Crippen LogP contribution < -0.4 is 0 Å². The molecule has 0 aliphatic heterocycles. The van der Waals surface area contributed by atoms with E-state index in [1.807, 2.05) is 0 Å². The highest BCUT2D eigenvalue weighted by atomic mass is 127. The fourth-order valence-corrected chi connectivity index (χ4v) is 1.68. The van der Waals surface area contributed by atoms with Crippen LogP contribution in [0.4, 0.5) is 8.78 Å². The van der Waals surface area contributed by atoms with E-state index in [0.717, 1.165) is 6.07 Å². The largest absolute Gasteiger partial charge is 0.280 e. The fraction of sp³-hybridized carbons (Fsp3) is 0.250. The van der Waals surface area contributed by atoms with Crippen LogP contribution in [-0.4, -0.2) is 10.2 Å². The molecule has 14 heavy (non-hydrogen) atoms. The first-order chi connectivity index (χ1) is 6.43. The lowest BCUT2D eigenvalue weighted by atomic mass is 10.1. The first-order valence-corrected chi connectivity index (χ1v) is 5.04. The lowest BCUT2D eigenvalue weighted by molar-refractivity contribution is 0.107. The van der Waals surface area contributed by atoms with Gasteiger partial charge >= 0.3 is 0 Å². The van der Waals surface area contributed by atoms with E-state index in [0.29, 0.717) is 9.26 Å². The van der Waals surface area contributed by atoms with Gasteiger partial charge in [0.15, 0.2) is 0 Å². The summed E-state index contributed by atoms with van der Waals surface area (Å²) in [6.45, 7) is 1.61. The molecule has 0 amide bonds. The van der Waals surface area contributed by atoms with E-state index in [1.165, 1.54) is 0 Å². The third-order valence-electron chi connectivity index (χ3n) is 1.67. The molecule has 1 aromatic heterocycles. The third kappa shape index (κ3) is 2.38. The van der Waals surface area contributed by atoms with Crippen molar-refractivity contribution in [2.75, 3.05) is 0 Å². The molecule has 1 heterocycles. The molecular formula is C8H5ClF2INO. The number of carbonyl (C=O) groups excluding carboxylic acids is 1. The number of nitrogens with zero attached hydrogens (tertiary/aromatic N) is 1. The highest BCUT2D eigenvalue weighted by Crippen LogP contribution is 2.23. The minimum Gasteiger partial charge on any atom is -0.276 e. The van der Waals surface area contributed by atoms with E-state index in [4.69, 9.17) is 11.6 Å². The molecule has 0 aromatic carbocycles. The standard InChI is InChI=1S/C8H5ClF2INO/c1-3-4(6(9)14)2-5(7(10)11)13-8(3)12/h2,7H,1H3. The second-order valence-corrected chi connectivity index (χ2v) is 3.95. The van der Waals surface area contributed by atoms with Crippen LogP contribution in [0.2, 0.25) is 0 Å². The van der Waals surface area contributed by atoms with Crippen LogP contribution >= 0.6 is 34.2 Å². The SMILES string of the molecule is Cc1c(C(=O)Cl)cc(C(F)F)nc1I. The fourth-order valence-electron chi connectivity index (χ4n) is 0.913. The van der Waals surface area contributed by atoms with Crippen LogP contribution in [-0.2, 0) is 0 Å². The average Bonchev–Trinajstić information content (AvgIpc) is 2.08. The first-order valence-electron chi connectivity index (χ1n) is 3.58. The maximum Gasteiger partial charge on any atom is 0.280 e. The van der Waals surface area contributed by atoms with Gasteiger partial charge in [-0.15, -0.1) is 0 Å². The summed E-state index contributed by atoms with van der Waals surface area (Å²) >= 11 is 7.03. The highest BCUT2D eigenvalue weighted by molar-refractivity contribution is 14.1. The number of hydrogen-bond donors (Lipinski definition) is 0. The van der Waals surface area contributed by atoms with Gasteiger partial charge in [0.2, 0.25) is 0 Å². The predicted molar refractivity (Wildman–Crippen MR) is 56.8 cm³/mol. The molecule has 76 valence electrons. The number of carbonyl (C=O) groups is 1. The normalized spacial score (nSPS) is 10.7. The van der Waals surface area contributed by atoms with Crippen molar-refractivity contribution in [3.8, 4) is 0 Å². The zero-order valence-electron chi connectivity index (χ0n) is 7.02. The molecule has 0 radical (unpaired) electrons. The van der Waals surface area contributed by atoms with Gasteiger partial charge < -0.3 is 0 Å². The van der Waals surface area contributed by atoms with Gasteiger partial charge in [-0.1, -0.05) is 0 Å². The Kier molecular flexibility index (Phi) is 3.77. The monoisotopic (exact) mass is 331 g/mol. The van der Waals surface area contributed by atoms with Crippen molar-refractivity contribution in [2.24, 2.45) is 0 Å². The molecule has 1 rings (SSSR count). The van der Waals surface area contributed by atoms with Gasteiger partial charge in [-0.05, 0) is 52.7 Å². The van der Waals surface area contributed by atoms with E-state index < -0.39 is 17.4 Å². The van der Waals surface area contributed by atoms with Crippen molar-refractivity contribution in [3.63, 3.8) is 0 Å². The lowest BCUT2D eigenvalue weighted by Gasteiger charge is -2.06. The Morgan fingerprint density at radius 1 is 1.64 bits per heavy atom. The summed E-state index contributed by atoms with van der Waals surface area (Å²) in [5, 5.41) is -0.746. The number of hydrogen-bond acceptors (Lipinski definition) is 2. The zero-order chi connectivity index (χ0) is 10.9. The maximum absolute atomic E-state index is 12.3. The minimum atomic E-state index is -2.70. The van der Waals surface area contributed by atoms with Crippen molar-refractivity contribution in [1.29, 1.82) is 0 Å². The Hall–Kier alpha value is -0.300. The van der Waals surface area contributed by atoms with E-state index in [9.17, 15) is 13.6 Å². The number of alkyl halides is 2. The summed E-state index contributed by atoms with van der Waals surface area (Å²) in [6.07, 6.45) is -2.70. The summed E-state index contributed by atoms with van der Waals surface area (Å²) < 4.78 is 25.0. The van der Waals surface area contributed by atoms with E-state index >= 15 is 0 Å². The third-order valence-corrected chi connectivity index (χ3v) is 2.92. The smallest absolute Gasteiger partial charge is 0.276 e. The van der Waals surface area contributed by atoms with Gasteiger partial charge in [0.25, 0.3) is 11.7 Å². The van der Waals surface area contributed by atoms with Crippen LogP contribution in [0.15, 0.2) is 6.07 Å². The molecule has 0 unspecified atom stereocenters. The topological polar surface area (TPSA) is 30.0 Å². The molecule has 0 fully saturated rings. The second kappa shape index (κ2) is 4.48. The molecule has 0 saturated carbocycles. The molecule has 0 N–H and O–H groups in total. The van der Waals surface area contributed by atoms with Crippen LogP contribution in [0.1, 0.15) is 28.0 Å². The van der Waals surface area contributed by atoms with E-state index in [-0.39, 0.29) is 5.56 Å². The van der Waals surface area contributed by atoms with Crippen molar-refractivity contribution in [2.45, 2.75) is 13.3 Å². The summed E-state index contributed by atoms with van der Waals surface area (Å²) in [4.78, 5) is 14.5. The Balaban J connectivity index is 3.35. The zero-order valence-corrected chi connectivity index (χ0v) is 9.94. The number of rotatable bonds is 2. The number of aromatic nitrogens is 1. The molecule has 0 atom stereocenters. The molecular weight excluding hydrogens is 326 g/mol. The second-order valence-electron chi connectivity index (χ2n) is 2.58. The van der Waals surface area contributed by atoms with Crippen LogP contribution in [0.25, 0.3) is 0 Å². The van der Waals surface area contributed by atoms with Gasteiger partial charge in [0.1, 0.15) is 9.39 Å². The highest BCUT2D eigenvalue weighted by Gasteiger charge is 2.16. The number of halogens is 4. The molecule has 0 aliphatic rings. The van der Waals surface area contributed by atoms with Gasteiger partial charge in [-0.25, -0.2) is 13.8 Å². The molecule has 0 saturated heterocycles. The van der Waals surface area contributed by atoms with Crippen molar-refractivity contribution >= 4 is 39.4 Å². The quantitative estimate of drug-likeness (QED) is 0.473. The van der Waals surface area contributed by atoms with Crippen molar-refractivity contribution < 1.29 is 13.6 Å². The molecule has 6 heteroatoms. The Labute approximate surface area is 97.8 Å². The van der Waals surface area contributed by atoms with Gasteiger partial charge in [-0.2, -0.15) is 0 Å². The summed E-state index contributed by atoms with van der Waals surface area (Å²) in [5.41, 5.74) is 0.181. The molecule has 2 nitrogen and oxygen atoms in total. The Bertz CT molecular complexity index is 384. The van der Waals surface area contributed by atoms with Crippen LogP contribution in [0, 0.1) is 10.6 Å². The van der Waals surface area contributed by atoms with Gasteiger partial charge in [-0.3, -0.25) is 4.79 Å². The van der Waals surface area contributed by atoms with Gasteiger partial charge in [0.05, 0.1) is 0 Å². The van der Waals surface area contributed by atoms with Crippen LogP contribution in [0.5, 0.6) is 0 Å². The van der Waals surface area contributed by atoms with E-state index in [1.54, 1.807) is 29.5 Å². The molecule has 0 spiro atoms. The lowest BCUT2D eigenvalue weighted by Crippen LogP contribution is -2.03. The van der Waals surface area contributed by atoms with Gasteiger partial charge in [0, 0.05) is 5.56 Å². The van der Waals surface area contributed by atoms with Crippen LogP contribution in [0.3, 0.4) is 0 Å². The summed E-state index contributed by atoms with van der Waals surface area (Å²) in [6, 6.07) is 1.03. The maximum atomic E-state index is 12.3. The van der Waals surface area contributed by atoms with E-state index in [2.05, 4.69) is 4.98 Å². The number of pyridine rings is 1. The molecule has 1 aromatic rings. The summed E-state index contributed by atoms with van der Waals surface area (Å²) in [7, 11) is 0. The predicted octanol–water partition coefficient (Wildman–Crippen LogP) is 3.31. The molecule has 0 aliphatic carbocycles. The van der Waals surface area contributed by atoms with Crippen molar-refractivity contribution in [1.82, 2.24) is 4.98 Å². The average molecular weight is 331 g/mol. The Morgan fingerprint density at radius 3 is 2.64 bits per heavy atom.